The van der Waals surface area contributed by atoms with Crippen LogP contribution >= 0.6 is 0 Å². The van der Waals surface area contributed by atoms with E-state index in [1.165, 1.54) is 0 Å². The predicted octanol–water partition coefficient (Wildman–Crippen LogP) is 3.78. The molecule has 0 aromatic heterocycles. The highest BCUT2D eigenvalue weighted by atomic mass is 16.5. The Bertz CT molecular complexity index is 700. The van der Waals surface area contributed by atoms with E-state index in [-0.39, 0.29) is 18.7 Å². The zero-order chi connectivity index (χ0) is 16.9. The van der Waals surface area contributed by atoms with Gasteiger partial charge in [-0.1, -0.05) is 12.1 Å². The number of aliphatic hydroxyl groups is 1. The minimum atomic E-state index is -0.168. The summed E-state index contributed by atoms with van der Waals surface area (Å²) in [5.41, 5.74) is 1.85. The largest absolute Gasteiger partial charge is 0.457 e. The van der Waals surface area contributed by atoms with E-state index in [1.807, 2.05) is 55.5 Å². The number of hydrogen-bond donors (Lipinski definition) is 2. The molecule has 0 spiro atoms. The molecule has 0 unspecified atom stereocenters. The van der Waals surface area contributed by atoms with Gasteiger partial charge in [0.2, 0.25) is 0 Å². The minimum absolute atomic E-state index is 0.0106. The SMILES string of the molecule is Cc1cccc(Oc2ccc(NC(=O)N3CCC[C@H]3CO)cc2)c1. The van der Waals surface area contributed by atoms with E-state index in [4.69, 9.17) is 4.74 Å². The van der Waals surface area contributed by atoms with Crippen molar-refractivity contribution in [1.82, 2.24) is 4.90 Å². The Kier molecular flexibility index (Phi) is 5.01. The Morgan fingerprint density at radius 2 is 2.04 bits per heavy atom. The highest BCUT2D eigenvalue weighted by molar-refractivity contribution is 5.89. The van der Waals surface area contributed by atoms with Gasteiger partial charge in [-0.15, -0.1) is 0 Å². The highest BCUT2D eigenvalue weighted by Crippen LogP contribution is 2.24. The van der Waals surface area contributed by atoms with Gasteiger partial charge < -0.3 is 20.1 Å². The summed E-state index contributed by atoms with van der Waals surface area (Å²) in [7, 11) is 0. The second kappa shape index (κ2) is 7.36. The number of likely N-dealkylation sites (tertiary alicyclic amines) is 1. The van der Waals surface area contributed by atoms with Crippen molar-refractivity contribution < 1.29 is 14.6 Å². The fourth-order valence-corrected chi connectivity index (χ4v) is 2.91. The molecule has 1 fully saturated rings. The molecule has 2 amide bonds. The van der Waals surface area contributed by atoms with Gasteiger partial charge in [-0.2, -0.15) is 0 Å². The van der Waals surface area contributed by atoms with E-state index < -0.39 is 0 Å². The molecule has 1 heterocycles. The smallest absolute Gasteiger partial charge is 0.322 e. The molecule has 3 rings (SSSR count). The summed E-state index contributed by atoms with van der Waals surface area (Å²) in [6, 6.07) is 14.9. The number of nitrogens with one attached hydrogen (secondary N) is 1. The van der Waals surface area contributed by atoms with Crippen LogP contribution in [0.4, 0.5) is 10.5 Å². The van der Waals surface area contributed by atoms with Gasteiger partial charge in [0.1, 0.15) is 11.5 Å². The van der Waals surface area contributed by atoms with Gasteiger partial charge in [-0.3, -0.25) is 0 Å². The van der Waals surface area contributed by atoms with E-state index >= 15 is 0 Å². The number of carbonyl (C=O) groups is 1. The molecule has 0 aliphatic carbocycles. The van der Waals surface area contributed by atoms with Crippen LogP contribution in [-0.2, 0) is 0 Å². The predicted molar refractivity (Wildman–Crippen MR) is 93.5 cm³/mol. The lowest BCUT2D eigenvalue weighted by Gasteiger charge is -2.23. The summed E-state index contributed by atoms with van der Waals surface area (Å²) in [6.45, 7) is 2.71. The number of aryl methyl sites for hydroxylation is 1. The molecule has 2 N–H and O–H groups in total. The number of anilines is 1. The topological polar surface area (TPSA) is 61.8 Å². The summed E-state index contributed by atoms with van der Waals surface area (Å²) in [6.07, 6.45) is 1.79. The number of amides is 2. The van der Waals surface area contributed by atoms with Crippen LogP contribution in [0.25, 0.3) is 0 Å². The van der Waals surface area contributed by atoms with E-state index in [0.717, 1.165) is 24.2 Å². The number of aliphatic hydroxyl groups excluding tert-OH is 1. The lowest BCUT2D eigenvalue weighted by Crippen LogP contribution is -2.40. The molecule has 1 aliphatic rings. The Morgan fingerprint density at radius 3 is 2.75 bits per heavy atom. The molecule has 126 valence electrons. The van der Waals surface area contributed by atoms with Gasteiger partial charge in [0.25, 0.3) is 0 Å². The number of hydrogen-bond acceptors (Lipinski definition) is 3. The summed E-state index contributed by atoms with van der Waals surface area (Å²) in [4.78, 5) is 14.0. The molecular formula is C19H22N2O3. The molecule has 5 nitrogen and oxygen atoms in total. The quantitative estimate of drug-likeness (QED) is 0.899. The first-order chi connectivity index (χ1) is 11.7. The third-order valence-corrected chi connectivity index (χ3v) is 4.18. The van der Waals surface area contributed by atoms with Gasteiger partial charge >= 0.3 is 6.03 Å². The fourth-order valence-electron chi connectivity index (χ4n) is 2.91. The molecule has 1 aliphatic heterocycles. The standard InChI is InChI=1S/C19H22N2O3/c1-14-4-2-6-18(12-14)24-17-9-7-15(8-10-17)20-19(23)21-11-3-5-16(21)13-22/h2,4,6-10,12,16,22H,3,5,11,13H2,1H3,(H,20,23)/t16-/m0/s1. The van der Waals surface area contributed by atoms with Crippen molar-refractivity contribution in [3.05, 3.63) is 54.1 Å². The van der Waals surface area contributed by atoms with Gasteiger partial charge in [-0.05, 0) is 61.7 Å². The Morgan fingerprint density at radius 1 is 1.25 bits per heavy atom. The van der Waals surface area contributed by atoms with Crippen LogP contribution in [0.3, 0.4) is 0 Å². The van der Waals surface area contributed by atoms with Crippen molar-refractivity contribution >= 4 is 11.7 Å². The van der Waals surface area contributed by atoms with Crippen molar-refractivity contribution in [3.63, 3.8) is 0 Å². The van der Waals surface area contributed by atoms with E-state index in [9.17, 15) is 9.90 Å². The zero-order valence-corrected chi connectivity index (χ0v) is 13.7. The molecule has 0 saturated carbocycles. The molecule has 0 bridgehead atoms. The number of ether oxygens (including phenoxy) is 1. The van der Waals surface area contributed by atoms with Crippen LogP contribution in [0.15, 0.2) is 48.5 Å². The van der Waals surface area contributed by atoms with Crippen molar-refractivity contribution in [3.8, 4) is 11.5 Å². The monoisotopic (exact) mass is 326 g/mol. The Labute approximate surface area is 141 Å². The summed E-state index contributed by atoms with van der Waals surface area (Å²) >= 11 is 0. The third kappa shape index (κ3) is 3.86. The lowest BCUT2D eigenvalue weighted by molar-refractivity contribution is 0.166. The van der Waals surface area contributed by atoms with Crippen molar-refractivity contribution in [2.45, 2.75) is 25.8 Å². The normalized spacial score (nSPS) is 16.9. The molecule has 24 heavy (non-hydrogen) atoms. The number of rotatable bonds is 4. The first-order valence-corrected chi connectivity index (χ1v) is 8.19. The minimum Gasteiger partial charge on any atom is -0.457 e. The highest BCUT2D eigenvalue weighted by Gasteiger charge is 2.27. The van der Waals surface area contributed by atoms with Gasteiger partial charge in [0.05, 0.1) is 12.6 Å². The average molecular weight is 326 g/mol. The van der Waals surface area contributed by atoms with E-state index in [1.54, 1.807) is 4.90 Å². The molecule has 1 saturated heterocycles. The fraction of sp³-hybridized carbons (Fsp3) is 0.316. The molecular weight excluding hydrogens is 304 g/mol. The first-order valence-electron chi connectivity index (χ1n) is 8.19. The van der Waals surface area contributed by atoms with Crippen LogP contribution in [0.1, 0.15) is 18.4 Å². The Balaban J connectivity index is 1.61. The first kappa shape index (κ1) is 16.3. The van der Waals surface area contributed by atoms with Crippen LogP contribution < -0.4 is 10.1 Å². The van der Waals surface area contributed by atoms with Crippen molar-refractivity contribution in [1.29, 1.82) is 0 Å². The summed E-state index contributed by atoms with van der Waals surface area (Å²) < 4.78 is 5.80. The molecule has 0 radical (unpaired) electrons. The Hall–Kier alpha value is -2.53. The van der Waals surface area contributed by atoms with Crippen LogP contribution in [-0.4, -0.2) is 35.2 Å². The number of urea groups is 1. The van der Waals surface area contributed by atoms with E-state index in [2.05, 4.69) is 5.32 Å². The third-order valence-electron chi connectivity index (χ3n) is 4.18. The maximum Gasteiger partial charge on any atom is 0.322 e. The lowest BCUT2D eigenvalue weighted by atomic mass is 10.2. The van der Waals surface area contributed by atoms with Crippen LogP contribution in [0, 0.1) is 6.92 Å². The van der Waals surface area contributed by atoms with E-state index in [0.29, 0.717) is 18.0 Å². The van der Waals surface area contributed by atoms with Gasteiger partial charge in [0.15, 0.2) is 0 Å². The summed E-state index contributed by atoms with van der Waals surface area (Å²) in [5.74, 6) is 1.50. The molecule has 5 heteroatoms. The molecule has 1 atom stereocenters. The van der Waals surface area contributed by atoms with Crippen LogP contribution in [0.5, 0.6) is 11.5 Å². The maximum atomic E-state index is 12.3. The number of benzene rings is 2. The zero-order valence-electron chi connectivity index (χ0n) is 13.7. The maximum absolute atomic E-state index is 12.3. The molecule has 2 aromatic rings. The second-order valence-corrected chi connectivity index (χ2v) is 6.05. The summed E-state index contributed by atoms with van der Waals surface area (Å²) in [5, 5.41) is 12.2. The van der Waals surface area contributed by atoms with Crippen LogP contribution in [0.2, 0.25) is 0 Å². The van der Waals surface area contributed by atoms with Gasteiger partial charge in [0, 0.05) is 12.2 Å². The second-order valence-electron chi connectivity index (χ2n) is 6.05. The number of nitrogens with zero attached hydrogens (tertiary/aromatic N) is 1. The van der Waals surface area contributed by atoms with Gasteiger partial charge in [-0.25, -0.2) is 4.79 Å². The van der Waals surface area contributed by atoms with Crippen molar-refractivity contribution in [2.75, 3.05) is 18.5 Å². The average Bonchev–Trinajstić information content (AvgIpc) is 3.05. The molecule has 2 aromatic carbocycles. The number of carbonyl (C=O) groups excluding carboxylic acids is 1. The van der Waals surface area contributed by atoms with Crippen molar-refractivity contribution in [2.24, 2.45) is 0 Å².